The Hall–Kier alpha value is -0.120. The molecule has 0 atom stereocenters. The molecule has 2 N–H and O–H groups in total. The van der Waals surface area contributed by atoms with Gasteiger partial charge in [0.15, 0.2) is 0 Å². The molecule has 9 heavy (non-hydrogen) atoms. The van der Waals surface area contributed by atoms with Gasteiger partial charge in [0.2, 0.25) is 0 Å². The van der Waals surface area contributed by atoms with Crippen molar-refractivity contribution in [3.63, 3.8) is 0 Å². The van der Waals surface area contributed by atoms with Gasteiger partial charge in [0, 0.05) is 6.61 Å². The topological polar surface area (TPSA) is 33.3 Å². The number of rotatable bonds is 5. The minimum absolute atomic E-state index is 0.282. The van der Waals surface area contributed by atoms with Crippen LogP contribution in [-0.2, 0) is 4.74 Å². The summed E-state index contributed by atoms with van der Waals surface area (Å²) in [6.45, 7) is 3.49. The summed E-state index contributed by atoms with van der Waals surface area (Å²) < 4.78 is 5.15. The first kappa shape index (κ1) is 8.88. The Morgan fingerprint density at radius 1 is 1.33 bits per heavy atom. The number of hydrogen-bond acceptors (Lipinski definition) is 3. The van der Waals surface area contributed by atoms with Crippen LogP contribution in [0.5, 0.6) is 0 Å². The van der Waals surface area contributed by atoms with Gasteiger partial charge in [-0.3, -0.25) is 0 Å². The lowest BCUT2D eigenvalue weighted by Gasteiger charge is -2.13. The average molecular weight is 132 g/mol. The zero-order chi connectivity index (χ0) is 7.11. The van der Waals surface area contributed by atoms with E-state index in [9.17, 15) is 0 Å². The maximum atomic E-state index is 5.15. The van der Waals surface area contributed by atoms with Crippen LogP contribution < -0.4 is 10.6 Å². The van der Waals surface area contributed by atoms with E-state index in [1.54, 1.807) is 0 Å². The van der Waals surface area contributed by atoms with Gasteiger partial charge in [-0.1, -0.05) is 0 Å². The first-order valence-corrected chi connectivity index (χ1v) is 3.27. The van der Waals surface area contributed by atoms with Crippen LogP contribution in [0.1, 0.15) is 6.92 Å². The van der Waals surface area contributed by atoms with E-state index in [0.29, 0.717) is 0 Å². The maximum Gasteiger partial charge on any atom is 0.0808 e. The Bertz CT molecular complexity index is 55.0. The molecule has 0 aliphatic rings. The van der Waals surface area contributed by atoms with Crippen molar-refractivity contribution in [3.8, 4) is 0 Å². The summed E-state index contributed by atoms with van der Waals surface area (Å²) in [5, 5.41) is 6.10. The van der Waals surface area contributed by atoms with Crippen molar-refractivity contribution < 1.29 is 4.74 Å². The van der Waals surface area contributed by atoms with E-state index < -0.39 is 0 Å². The fourth-order valence-corrected chi connectivity index (χ4v) is 0.547. The van der Waals surface area contributed by atoms with Crippen molar-refractivity contribution in [3.05, 3.63) is 0 Å². The highest BCUT2D eigenvalue weighted by Gasteiger charge is 1.98. The Morgan fingerprint density at radius 3 is 2.22 bits per heavy atom. The summed E-state index contributed by atoms with van der Waals surface area (Å²) in [4.78, 5) is 0. The van der Waals surface area contributed by atoms with Crippen LogP contribution in [0, 0.1) is 0 Å². The highest BCUT2D eigenvalue weighted by atomic mass is 16.5. The fourth-order valence-electron chi connectivity index (χ4n) is 0.547. The van der Waals surface area contributed by atoms with Gasteiger partial charge in [0.05, 0.1) is 12.8 Å². The third kappa shape index (κ3) is 4.39. The van der Waals surface area contributed by atoms with Gasteiger partial charge in [-0.25, -0.2) is 0 Å². The molecule has 0 aliphatic carbocycles. The summed E-state index contributed by atoms with van der Waals surface area (Å²) in [6, 6.07) is 0. The molecule has 56 valence electrons. The highest BCUT2D eigenvalue weighted by molar-refractivity contribution is 4.55. The van der Waals surface area contributed by atoms with Gasteiger partial charge in [0.1, 0.15) is 0 Å². The highest BCUT2D eigenvalue weighted by Crippen LogP contribution is 1.77. The molecule has 0 aromatic carbocycles. The normalized spacial score (nSPS) is 10.7. The second kappa shape index (κ2) is 6.01. The van der Waals surface area contributed by atoms with Crippen molar-refractivity contribution in [2.45, 2.75) is 13.1 Å². The molecule has 0 unspecified atom stereocenters. The van der Waals surface area contributed by atoms with Gasteiger partial charge in [-0.15, -0.1) is 0 Å². The number of ether oxygens (including phenoxy) is 1. The predicted octanol–water partition coefficient (Wildman–Crippen LogP) is -0.212. The average Bonchev–Trinajstić information content (AvgIpc) is 1.91. The Balaban J connectivity index is 3.09. The van der Waals surface area contributed by atoms with Gasteiger partial charge < -0.3 is 15.4 Å². The molecular weight excluding hydrogens is 116 g/mol. The lowest BCUT2D eigenvalue weighted by Crippen LogP contribution is -2.41. The van der Waals surface area contributed by atoms with E-state index >= 15 is 0 Å². The Labute approximate surface area is 56.8 Å². The number of hydrogen-bond donors (Lipinski definition) is 2. The van der Waals surface area contributed by atoms with E-state index in [0.717, 1.165) is 13.2 Å². The van der Waals surface area contributed by atoms with Gasteiger partial charge >= 0.3 is 0 Å². The fraction of sp³-hybridized carbons (Fsp3) is 1.00. The Kier molecular flexibility index (Phi) is 5.93. The van der Waals surface area contributed by atoms with E-state index in [1.807, 2.05) is 21.0 Å². The maximum absolute atomic E-state index is 5.15. The minimum atomic E-state index is 0.282. The molecule has 3 nitrogen and oxygen atoms in total. The van der Waals surface area contributed by atoms with Crippen molar-refractivity contribution in [1.82, 2.24) is 10.6 Å². The van der Waals surface area contributed by atoms with Crippen LogP contribution in [0.15, 0.2) is 0 Å². The third-order valence-electron chi connectivity index (χ3n) is 1.19. The van der Waals surface area contributed by atoms with Crippen molar-refractivity contribution >= 4 is 0 Å². The molecule has 0 aromatic heterocycles. The largest absolute Gasteiger partial charge is 0.379 e. The van der Waals surface area contributed by atoms with E-state index in [4.69, 9.17) is 4.74 Å². The van der Waals surface area contributed by atoms with Crippen LogP contribution in [-0.4, -0.2) is 33.5 Å². The van der Waals surface area contributed by atoms with E-state index in [-0.39, 0.29) is 6.17 Å². The summed E-state index contributed by atoms with van der Waals surface area (Å²) in [5.41, 5.74) is 0. The summed E-state index contributed by atoms with van der Waals surface area (Å²) in [6.07, 6.45) is 0.282. The van der Waals surface area contributed by atoms with Crippen LogP contribution in [0.4, 0.5) is 0 Å². The molecule has 0 fully saturated rings. The lowest BCUT2D eigenvalue weighted by atomic mass is 10.5. The molecule has 0 heterocycles. The van der Waals surface area contributed by atoms with E-state index in [1.165, 1.54) is 0 Å². The molecule has 0 saturated carbocycles. The zero-order valence-corrected chi connectivity index (χ0v) is 6.40. The molecule has 0 radical (unpaired) electrons. The molecule has 0 aliphatic heterocycles. The third-order valence-corrected chi connectivity index (χ3v) is 1.19. The smallest absolute Gasteiger partial charge is 0.0808 e. The molecule has 0 spiro atoms. The van der Waals surface area contributed by atoms with Crippen LogP contribution in [0.3, 0.4) is 0 Å². The number of likely N-dealkylation sites (N-methyl/N-ethyl adjacent to an activating group) is 2. The SMILES string of the molecule is CCOCC(NC)NC. The van der Waals surface area contributed by atoms with Gasteiger partial charge in [-0.2, -0.15) is 0 Å². The summed E-state index contributed by atoms with van der Waals surface area (Å²) in [5.74, 6) is 0. The Morgan fingerprint density at radius 2 is 1.89 bits per heavy atom. The molecule has 0 rings (SSSR count). The zero-order valence-electron chi connectivity index (χ0n) is 6.40. The first-order chi connectivity index (χ1) is 4.35. The van der Waals surface area contributed by atoms with Crippen molar-refractivity contribution in [2.75, 3.05) is 27.3 Å². The van der Waals surface area contributed by atoms with Gasteiger partial charge in [0.25, 0.3) is 0 Å². The minimum Gasteiger partial charge on any atom is -0.379 e. The van der Waals surface area contributed by atoms with Crippen molar-refractivity contribution in [1.29, 1.82) is 0 Å². The quantitative estimate of drug-likeness (QED) is 0.508. The molecule has 0 aromatic rings. The standard InChI is InChI=1S/C6H16N2O/c1-4-9-5-6(7-2)8-3/h6-8H,4-5H2,1-3H3. The predicted molar refractivity (Wildman–Crippen MR) is 38.4 cm³/mol. The lowest BCUT2D eigenvalue weighted by molar-refractivity contribution is 0.117. The molecule has 0 bridgehead atoms. The summed E-state index contributed by atoms with van der Waals surface area (Å²) >= 11 is 0. The van der Waals surface area contributed by atoms with Crippen LogP contribution in [0.2, 0.25) is 0 Å². The molecule has 3 heteroatoms. The number of nitrogens with one attached hydrogen (secondary N) is 2. The van der Waals surface area contributed by atoms with Crippen molar-refractivity contribution in [2.24, 2.45) is 0 Å². The van der Waals surface area contributed by atoms with E-state index in [2.05, 4.69) is 10.6 Å². The summed E-state index contributed by atoms with van der Waals surface area (Å²) in [7, 11) is 3.81. The molecule has 0 amide bonds. The van der Waals surface area contributed by atoms with Crippen LogP contribution >= 0.6 is 0 Å². The molecular formula is C6H16N2O. The second-order valence-electron chi connectivity index (χ2n) is 1.79. The second-order valence-corrected chi connectivity index (χ2v) is 1.79. The van der Waals surface area contributed by atoms with Crippen LogP contribution in [0.25, 0.3) is 0 Å². The van der Waals surface area contributed by atoms with Gasteiger partial charge in [-0.05, 0) is 21.0 Å². The molecule has 0 saturated heterocycles. The first-order valence-electron chi connectivity index (χ1n) is 3.27. The monoisotopic (exact) mass is 132 g/mol.